The average Bonchev–Trinajstić information content (AvgIpc) is 1.65. The number of thioether (sulfide) groups is 1. The van der Waals surface area contributed by atoms with E-state index in [0.29, 0.717) is 6.42 Å². The Bertz CT molecular complexity index is 113. The molecule has 0 heterocycles. The molecule has 0 amide bonds. The van der Waals surface area contributed by atoms with Crippen LogP contribution in [0.4, 0.5) is 0 Å². The molecule has 0 bridgehead atoms. The van der Waals surface area contributed by atoms with Crippen molar-refractivity contribution in [1.82, 2.24) is 0 Å². The lowest BCUT2D eigenvalue weighted by molar-refractivity contribution is -0.110. The Morgan fingerprint density at radius 3 is 2.50 bits per heavy atom. The van der Waals surface area contributed by atoms with Crippen LogP contribution in [0.5, 0.6) is 0 Å². The molecule has 0 unspecified atom stereocenters. The molecule has 8 heavy (non-hydrogen) atoms. The van der Waals surface area contributed by atoms with Gasteiger partial charge in [-0.05, 0) is 11.8 Å². The van der Waals surface area contributed by atoms with E-state index in [1.54, 1.807) is 6.92 Å². The van der Waals surface area contributed by atoms with Gasteiger partial charge in [0.2, 0.25) is 0 Å². The van der Waals surface area contributed by atoms with Gasteiger partial charge in [-0.3, -0.25) is 4.79 Å². The maximum absolute atomic E-state index is 10.4. The summed E-state index contributed by atoms with van der Waals surface area (Å²) in [5, 5.41) is 0.0255. The second-order valence-corrected chi connectivity index (χ2v) is 2.94. The number of thiocarbonyl (C=S) groups is 1. The van der Waals surface area contributed by atoms with Crippen LogP contribution in [0.25, 0.3) is 0 Å². The lowest BCUT2D eigenvalue weighted by Crippen LogP contribution is -2.05. The fourth-order valence-electron chi connectivity index (χ4n) is 0.184. The van der Waals surface area contributed by atoms with E-state index in [-0.39, 0.29) is 9.44 Å². The molecule has 0 aliphatic rings. The Morgan fingerprint density at radius 2 is 2.38 bits per heavy atom. The fourth-order valence-corrected chi connectivity index (χ4v) is 0.832. The normalized spacial score (nSPS) is 8.62. The number of hydrogen-bond acceptors (Lipinski definition) is 3. The van der Waals surface area contributed by atoms with Crippen LogP contribution in [-0.2, 0) is 4.79 Å². The highest BCUT2D eigenvalue weighted by Gasteiger charge is 1.98. The molecule has 0 fully saturated rings. The Hall–Kier alpha value is -0.0900. The minimum atomic E-state index is 0.0255. The zero-order valence-corrected chi connectivity index (χ0v) is 6.14. The molecule has 4 heteroatoms. The molecule has 0 aromatic carbocycles. The Balaban J connectivity index is 3.40. The third-order valence-corrected chi connectivity index (χ3v) is 1.47. The van der Waals surface area contributed by atoms with E-state index in [1.807, 2.05) is 0 Å². The first kappa shape index (κ1) is 7.91. The Morgan fingerprint density at radius 1 is 1.88 bits per heavy atom. The minimum absolute atomic E-state index is 0.0255. The van der Waals surface area contributed by atoms with Crippen LogP contribution in [0.3, 0.4) is 0 Å². The third kappa shape index (κ3) is 4.08. The van der Waals surface area contributed by atoms with Gasteiger partial charge < -0.3 is 5.73 Å². The van der Waals surface area contributed by atoms with Crippen molar-refractivity contribution in [3.8, 4) is 0 Å². The van der Waals surface area contributed by atoms with Gasteiger partial charge in [0.15, 0.2) is 5.12 Å². The van der Waals surface area contributed by atoms with E-state index in [0.717, 1.165) is 11.8 Å². The first-order chi connectivity index (χ1) is 3.66. The maximum Gasteiger partial charge on any atom is 0.195 e. The summed E-state index contributed by atoms with van der Waals surface area (Å²) in [5.74, 6) is 0. The first-order valence-electron chi connectivity index (χ1n) is 2.17. The maximum atomic E-state index is 10.4. The van der Waals surface area contributed by atoms with Gasteiger partial charge >= 0.3 is 0 Å². The molecule has 46 valence electrons. The van der Waals surface area contributed by atoms with Crippen molar-refractivity contribution in [3.63, 3.8) is 0 Å². The van der Waals surface area contributed by atoms with E-state index in [9.17, 15) is 4.79 Å². The van der Waals surface area contributed by atoms with Crippen LogP contribution in [0, 0.1) is 0 Å². The first-order valence-corrected chi connectivity index (χ1v) is 3.39. The van der Waals surface area contributed by atoms with Gasteiger partial charge in [-0.25, -0.2) is 0 Å². The van der Waals surface area contributed by atoms with Crippen molar-refractivity contribution in [2.75, 3.05) is 0 Å². The molecule has 0 aliphatic carbocycles. The van der Waals surface area contributed by atoms with Crippen LogP contribution < -0.4 is 5.73 Å². The van der Waals surface area contributed by atoms with Gasteiger partial charge in [-0.1, -0.05) is 19.1 Å². The highest BCUT2D eigenvalue weighted by atomic mass is 32.2. The number of hydrogen-bond donors (Lipinski definition) is 1. The van der Waals surface area contributed by atoms with Crippen LogP contribution >= 0.6 is 24.0 Å². The standard InChI is InChI=1S/C4H7NOS2/c1-2-3(6)8-4(5)7/h2H2,1H3,(H2,5,7). The summed E-state index contributed by atoms with van der Waals surface area (Å²) >= 11 is 5.38. The Kier molecular flexibility index (Phi) is 3.81. The van der Waals surface area contributed by atoms with Gasteiger partial charge in [0.05, 0.1) is 0 Å². The van der Waals surface area contributed by atoms with Gasteiger partial charge in [-0.15, -0.1) is 0 Å². The SMILES string of the molecule is CCC(=O)SC(N)=S. The molecule has 0 saturated heterocycles. The largest absolute Gasteiger partial charge is 0.384 e. The van der Waals surface area contributed by atoms with E-state index >= 15 is 0 Å². The summed E-state index contributed by atoms with van der Waals surface area (Å²) < 4.78 is 0.205. The molecular weight excluding hydrogens is 142 g/mol. The van der Waals surface area contributed by atoms with Crippen molar-refractivity contribution in [2.45, 2.75) is 13.3 Å². The van der Waals surface area contributed by atoms with Crippen LogP contribution in [0.2, 0.25) is 0 Å². The van der Waals surface area contributed by atoms with E-state index in [2.05, 4.69) is 12.2 Å². The highest BCUT2D eigenvalue weighted by molar-refractivity contribution is 8.32. The predicted octanol–water partition coefficient (Wildman–Crippen LogP) is 0.900. The number of carbonyl (C=O) groups is 1. The van der Waals surface area contributed by atoms with E-state index < -0.39 is 0 Å². The van der Waals surface area contributed by atoms with Gasteiger partial charge in [0.25, 0.3) is 0 Å². The molecule has 0 aliphatic heterocycles. The summed E-state index contributed by atoms with van der Waals surface area (Å²) in [6, 6.07) is 0. The zero-order valence-electron chi connectivity index (χ0n) is 4.51. The van der Waals surface area contributed by atoms with Gasteiger partial charge in [-0.2, -0.15) is 0 Å². The average molecular weight is 149 g/mol. The number of carbonyl (C=O) groups excluding carboxylic acids is 1. The lowest BCUT2D eigenvalue weighted by Gasteiger charge is -1.89. The van der Waals surface area contributed by atoms with Crippen LogP contribution in [-0.4, -0.2) is 9.44 Å². The van der Waals surface area contributed by atoms with Gasteiger partial charge in [0, 0.05) is 6.42 Å². The number of nitrogens with two attached hydrogens (primary N) is 1. The fraction of sp³-hybridized carbons (Fsp3) is 0.500. The number of rotatable bonds is 1. The zero-order chi connectivity index (χ0) is 6.57. The topological polar surface area (TPSA) is 43.1 Å². The smallest absolute Gasteiger partial charge is 0.195 e. The van der Waals surface area contributed by atoms with E-state index in [1.165, 1.54) is 0 Å². The summed E-state index contributed by atoms with van der Waals surface area (Å²) in [6.07, 6.45) is 0.488. The lowest BCUT2D eigenvalue weighted by atomic mass is 10.6. The van der Waals surface area contributed by atoms with Crippen molar-refractivity contribution in [3.05, 3.63) is 0 Å². The molecule has 0 saturated carbocycles. The second-order valence-electron chi connectivity index (χ2n) is 1.15. The predicted molar refractivity (Wildman–Crippen MR) is 39.7 cm³/mol. The third-order valence-electron chi connectivity index (χ3n) is 0.503. The summed E-state index contributed by atoms with van der Waals surface area (Å²) in [7, 11) is 0. The summed E-state index contributed by atoms with van der Waals surface area (Å²) in [6.45, 7) is 1.77. The minimum Gasteiger partial charge on any atom is -0.384 e. The molecule has 0 rings (SSSR count). The van der Waals surface area contributed by atoms with Crippen LogP contribution in [0.15, 0.2) is 0 Å². The van der Waals surface area contributed by atoms with Crippen molar-refractivity contribution in [2.24, 2.45) is 5.73 Å². The Labute approximate surface area is 57.8 Å². The molecule has 2 nitrogen and oxygen atoms in total. The molecule has 0 spiro atoms. The molecule has 0 aromatic heterocycles. The quantitative estimate of drug-likeness (QED) is 0.562. The molecule has 0 atom stereocenters. The molecule has 0 aromatic rings. The van der Waals surface area contributed by atoms with Crippen LogP contribution in [0.1, 0.15) is 13.3 Å². The molecule has 0 radical (unpaired) electrons. The molecule has 2 N–H and O–H groups in total. The monoisotopic (exact) mass is 149 g/mol. The molecular formula is C4H7NOS2. The van der Waals surface area contributed by atoms with Crippen molar-refractivity contribution in [1.29, 1.82) is 0 Å². The van der Waals surface area contributed by atoms with E-state index in [4.69, 9.17) is 5.73 Å². The summed E-state index contributed by atoms with van der Waals surface area (Å²) in [5.41, 5.74) is 5.04. The highest BCUT2D eigenvalue weighted by Crippen LogP contribution is 2.03. The van der Waals surface area contributed by atoms with Crippen molar-refractivity contribution < 1.29 is 4.79 Å². The summed E-state index contributed by atoms with van der Waals surface area (Å²) in [4.78, 5) is 10.4. The second kappa shape index (κ2) is 3.86. The van der Waals surface area contributed by atoms with Gasteiger partial charge in [0.1, 0.15) is 4.32 Å². The van der Waals surface area contributed by atoms with Crippen molar-refractivity contribution >= 4 is 33.4 Å².